The third kappa shape index (κ3) is 4.92. The quantitative estimate of drug-likeness (QED) is 0.354. The molecule has 158 valence electrons. The molecular formula is C22H23Br2N3O3. The van der Waals surface area contributed by atoms with E-state index in [-0.39, 0.29) is 5.56 Å². The van der Waals surface area contributed by atoms with Gasteiger partial charge in [-0.15, -0.1) is 0 Å². The summed E-state index contributed by atoms with van der Waals surface area (Å²) in [5.74, 6) is 1.88. The number of fused-ring (bicyclic) bond motifs is 1. The minimum atomic E-state index is -0.197. The van der Waals surface area contributed by atoms with E-state index < -0.39 is 0 Å². The van der Waals surface area contributed by atoms with Gasteiger partial charge < -0.3 is 9.47 Å². The van der Waals surface area contributed by atoms with Gasteiger partial charge in [-0.3, -0.25) is 4.79 Å². The van der Waals surface area contributed by atoms with Crippen molar-refractivity contribution in [2.24, 2.45) is 5.10 Å². The number of benzene rings is 2. The number of methoxy groups -OCH3 is 1. The highest BCUT2D eigenvalue weighted by Gasteiger charge is 2.12. The molecule has 0 atom stereocenters. The van der Waals surface area contributed by atoms with E-state index in [4.69, 9.17) is 14.5 Å². The van der Waals surface area contributed by atoms with Crippen LogP contribution in [0, 0.1) is 0 Å². The largest absolute Gasteiger partial charge is 0.493 e. The third-order valence-corrected chi connectivity index (χ3v) is 5.70. The fraction of sp³-hybridized carbons (Fsp3) is 0.318. The normalized spacial score (nSPS) is 11.4. The van der Waals surface area contributed by atoms with Gasteiger partial charge in [0.1, 0.15) is 5.82 Å². The van der Waals surface area contributed by atoms with Crippen LogP contribution in [-0.4, -0.2) is 29.6 Å². The Hall–Kier alpha value is -2.19. The maximum absolute atomic E-state index is 13.2. The van der Waals surface area contributed by atoms with Crippen molar-refractivity contribution in [1.29, 1.82) is 0 Å². The molecule has 30 heavy (non-hydrogen) atoms. The van der Waals surface area contributed by atoms with Crippen LogP contribution >= 0.6 is 31.9 Å². The van der Waals surface area contributed by atoms with Crippen molar-refractivity contribution in [3.05, 3.63) is 61.0 Å². The molecule has 0 radical (unpaired) electrons. The third-order valence-electron chi connectivity index (χ3n) is 4.52. The zero-order valence-corrected chi connectivity index (χ0v) is 20.3. The van der Waals surface area contributed by atoms with Crippen molar-refractivity contribution >= 4 is 49.0 Å². The van der Waals surface area contributed by atoms with Gasteiger partial charge in [-0.05, 0) is 59.6 Å². The molecule has 0 aliphatic heterocycles. The van der Waals surface area contributed by atoms with Crippen molar-refractivity contribution in [2.75, 3.05) is 13.7 Å². The van der Waals surface area contributed by atoms with Crippen molar-refractivity contribution in [3.63, 3.8) is 0 Å². The Labute approximate surface area is 192 Å². The smallest absolute Gasteiger partial charge is 0.282 e. The predicted octanol–water partition coefficient (Wildman–Crippen LogP) is 5.55. The van der Waals surface area contributed by atoms with E-state index in [9.17, 15) is 4.79 Å². The highest BCUT2D eigenvalue weighted by atomic mass is 79.9. The molecular weight excluding hydrogens is 514 g/mol. The first-order valence-corrected chi connectivity index (χ1v) is 11.3. The Morgan fingerprint density at radius 1 is 1.17 bits per heavy atom. The van der Waals surface area contributed by atoms with Crippen molar-refractivity contribution in [2.45, 2.75) is 33.1 Å². The first-order chi connectivity index (χ1) is 14.5. The Morgan fingerprint density at radius 2 is 1.97 bits per heavy atom. The number of unbranched alkanes of at least 4 members (excludes halogenated alkanes) is 1. The van der Waals surface area contributed by atoms with Crippen LogP contribution in [0.15, 0.2) is 49.2 Å². The van der Waals surface area contributed by atoms with Crippen LogP contribution in [0.2, 0.25) is 0 Å². The second kappa shape index (κ2) is 10.2. The van der Waals surface area contributed by atoms with Crippen LogP contribution in [0.25, 0.3) is 10.9 Å². The first-order valence-electron chi connectivity index (χ1n) is 9.74. The SMILES string of the molecule is CCCCc1nc2ccc(Br)cc2c(=O)n1N=Cc1cc(OC)c(OCC)cc1Br. The predicted molar refractivity (Wildman–Crippen MR) is 127 cm³/mol. The topological polar surface area (TPSA) is 65.7 Å². The van der Waals surface area contributed by atoms with Crippen molar-refractivity contribution in [1.82, 2.24) is 9.66 Å². The van der Waals surface area contributed by atoms with E-state index in [0.717, 1.165) is 27.4 Å². The number of hydrogen-bond acceptors (Lipinski definition) is 5. The number of aromatic nitrogens is 2. The Balaban J connectivity index is 2.11. The fourth-order valence-electron chi connectivity index (χ4n) is 3.01. The molecule has 0 spiro atoms. The maximum Gasteiger partial charge on any atom is 0.282 e. The highest BCUT2D eigenvalue weighted by molar-refractivity contribution is 9.10. The number of aryl methyl sites for hydroxylation is 1. The lowest BCUT2D eigenvalue weighted by Crippen LogP contribution is -2.22. The van der Waals surface area contributed by atoms with E-state index in [0.29, 0.717) is 41.3 Å². The molecule has 0 amide bonds. The number of ether oxygens (including phenoxy) is 2. The number of nitrogens with zero attached hydrogens (tertiary/aromatic N) is 3. The second-order valence-corrected chi connectivity index (χ2v) is 8.38. The molecule has 0 N–H and O–H groups in total. The maximum atomic E-state index is 13.2. The molecule has 3 aromatic rings. The molecule has 1 aromatic heterocycles. The average Bonchev–Trinajstić information content (AvgIpc) is 2.73. The van der Waals surface area contributed by atoms with Crippen LogP contribution < -0.4 is 15.0 Å². The van der Waals surface area contributed by atoms with E-state index in [1.807, 2.05) is 31.2 Å². The molecule has 0 fully saturated rings. The molecule has 6 nitrogen and oxygen atoms in total. The van der Waals surface area contributed by atoms with Crippen molar-refractivity contribution < 1.29 is 9.47 Å². The Bertz CT molecular complexity index is 1140. The lowest BCUT2D eigenvalue weighted by atomic mass is 10.2. The molecule has 0 saturated heterocycles. The van der Waals surface area contributed by atoms with E-state index in [2.05, 4.69) is 43.9 Å². The summed E-state index contributed by atoms with van der Waals surface area (Å²) in [6.45, 7) is 4.55. The molecule has 0 unspecified atom stereocenters. The minimum absolute atomic E-state index is 0.197. The Morgan fingerprint density at radius 3 is 2.67 bits per heavy atom. The lowest BCUT2D eigenvalue weighted by molar-refractivity contribution is 0.310. The van der Waals surface area contributed by atoms with Crippen LogP contribution in [0.5, 0.6) is 11.5 Å². The molecule has 1 heterocycles. The molecule has 8 heteroatoms. The number of halogens is 2. The number of rotatable bonds is 8. The van der Waals surface area contributed by atoms with Gasteiger partial charge in [-0.1, -0.05) is 29.3 Å². The standard InChI is InChI=1S/C22H23Br2N3O3/c1-4-6-7-21-26-18-9-8-15(23)11-16(18)22(28)27(21)25-13-14-10-19(29-3)20(30-5-2)12-17(14)24/h8-13H,4-7H2,1-3H3. The summed E-state index contributed by atoms with van der Waals surface area (Å²) in [5, 5.41) is 5.01. The Kier molecular flexibility index (Phi) is 7.66. The van der Waals surface area contributed by atoms with Crippen LogP contribution in [0.3, 0.4) is 0 Å². The van der Waals surface area contributed by atoms with Crippen molar-refractivity contribution in [3.8, 4) is 11.5 Å². The van der Waals surface area contributed by atoms with Crippen LogP contribution in [0.1, 0.15) is 38.1 Å². The van der Waals surface area contributed by atoms with E-state index in [1.54, 1.807) is 19.4 Å². The monoisotopic (exact) mass is 535 g/mol. The summed E-state index contributed by atoms with van der Waals surface area (Å²) >= 11 is 6.97. The van der Waals surface area contributed by atoms with Gasteiger partial charge in [0, 0.05) is 20.9 Å². The molecule has 2 aromatic carbocycles. The molecule has 0 aliphatic carbocycles. The van der Waals surface area contributed by atoms with Crippen LogP contribution in [-0.2, 0) is 6.42 Å². The fourth-order valence-corrected chi connectivity index (χ4v) is 3.79. The summed E-state index contributed by atoms with van der Waals surface area (Å²) in [7, 11) is 1.59. The van der Waals surface area contributed by atoms with Gasteiger partial charge >= 0.3 is 0 Å². The molecule has 3 rings (SSSR count). The molecule has 0 saturated carbocycles. The summed E-state index contributed by atoms with van der Waals surface area (Å²) < 4.78 is 14.0. The summed E-state index contributed by atoms with van der Waals surface area (Å²) in [6, 6.07) is 9.16. The molecule has 0 aliphatic rings. The highest BCUT2D eigenvalue weighted by Crippen LogP contribution is 2.33. The second-order valence-electron chi connectivity index (χ2n) is 6.61. The molecule has 0 bridgehead atoms. The minimum Gasteiger partial charge on any atom is -0.493 e. The van der Waals surface area contributed by atoms with Gasteiger partial charge in [0.25, 0.3) is 5.56 Å². The van der Waals surface area contributed by atoms with Gasteiger partial charge in [0.15, 0.2) is 11.5 Å². The summed E-state index contributed by atoms with van der Waals surface area (Å²) in [6.07, 6.45) is 4.22. The zero-order valence-electron chi connectivity index (χ0n) is 17.1. The average molecular weight is 537 g/mol. The van der Waals surface area contributed by atoms with Gasteiger partial charge in [0.05, 0.1) is 30.8 Å². The lowest BCUT2D eigenvalue weighted by Gasteiger charge is -2.12. The number of hydrogen-bond donors (Lipinski definition) is 0. The van der Waals surface area contributed by atoms with Gasteiger partial charge in [-0.2, -0.15) is 9.78 Å². The van der Waals surface area contributed by atoms with E-state index >= 15 is 0 Å². The first kappa shape index (κ1) is 22.5. The van der Waals surface area contributed by atoms with E-state index in [1.165, 1.54) is 4.68 Å². The van der Waals surface area contributed by atoms with Gasteiger partial charge in [0.2, 0.25) is 0 Å². The van der Waals surface area contributed by atoms with Crippen LogP contribution in [0.4, 0.5) is 0 Å². The zero-order chi connectivity index (χ0) is 21.7. The summed E-state index contributed by atoms with van der Waals surface area (Å²) in [4.78, 5) is 17.9. The summed E-state index contributed by atoms with van der Waals surface area (Å²) in [5.41, 5.74) is 1.24. The van der Waals surface area contributed by atoms with Gasteiger partial charge in [-0.25, -0.2) is 4.98 Å².